The number of H-pyrrole nitrogens is 1. The summed E-state index contributed by atoms with van der Waals surface area (Å²) in [5, 5.41) is 0. The summed E-state index contributed by atoms with van der Waals surface area (Å²) >= 11 is 0. The molecule has 1 unspecified atom stereocenters. The monoisotopic (exact) mass is 365 g/mol. The molecule has 1 N–H and O–H groups in total. The molecule has 0 bridgehead atoms. The van der Waals surface area contributed by atoms with Crippen LogP contribution in [0.2, 0.25) is 0 Å². The second-order valence-electron chi connectivity index (χ2n) is 6.35. The third-order valence-electron chi connectivity index (χ3n) is 4.59. The lowest BCUT2D eigenvalue weighted by molar-refractivity contribution is 0.0720. The van der Waals surface area contributed by atoms with Crippen LogP contribution in [-0.4, -0.2) is 34.4 Å². The molecule has 1 atom stereocenters. The van der Waals surface area contributed by atoms with Crippen molar-refractivity contribution in [1.29, 1.82) is 0 Å². The van der Waals surface area contributed by atoms with Crippen LogP contribution in [0.1, 0.15) is 39.5 Å². The molecule has 3 heterocycles. The Morgan fingerprint density at radius 2 is 2.04 bits per heavy atom. The van der Waals surface area contributed by atoms with Gasteiger partial charge in [0, 0.05) is 26.1 Å². The van der Waals surface area contributed by atoms with Gasteiger partial charge in [0.2, 0.25) is 11.4 Å². The van der Waals surface area contributed by atoms with Gasteiger partial charge in [-0.2, -0.15) is 0 Å². The first-order chi connectivity index (χ1) is 13.2. The number of aromatic nitrogens is 2. The third kappa shape index (κ3) is 3.41. The number of hydrogen-bond donors (Lipinski definition) is 1. The normalized spacial score (nSPS) is 14.6. The Kier molecular flexibility index (Phi) is 4.60. The molecule has 0 aliphatic carbocycles. The second kappa shape index (κ2) is 7.20. The molecule has 1 aromatic carbocycles. The molecule has 0 saturated carbocycles. The number of carbonyl (C=O) groups excluding carboxylic acids is 1. The number of fused-ring (bicyclic) bond motifs is 1. The number of amides is 1. The third-order valence-corrected chi connectivity index (χ3v) is 4.59. The quantitative estimate of drug-likeness (QED) is 0.766. The van der Waals surface area contributed by atoms with Crippen molar-refractivity contribution in [1.82, 2.24) is 14.9 Å². The summed E-state index contributed by atoms with van der Waals surface area (Å²) in [5.41, 5.74) is 1.65. The highest BCUT2D eigenvalue weighted by Crippen LogP contribution is 2.29. The largest absolute Gasteiger partial charge is 0.442 e. The zero-order valence-electron chi connectivity index (χ0n) is 14.8. The van der Waals surface area contributed by atoms with Gasteiger partial charge < -0.3 is 19.0 Å². The average molecular weight is 365 g/mol. The molecular weight excluding hydrogens is 346 g/mol. The number of oxazole rings is 1. The Morgan fingerprint density at radius 3 is 2.78 bits per heavy atom. The van der Waals surface area contributed by atoms with Gasteiger partial charge in [-0.1, -0.05) is 36.4 Å². The topological polar surface area (TPSA) is 88.4 Å². The number of benzene rings is 1. The number of pyridine rings is 1. The molecule has 2 aromatic heterocycles. The Hall–Kier alpha value is -3.19. The van der Waals surface area contributed by atoms with Gasteiger partial charge in [-0.25, -0.2) is 4.98 Å². The van der Waals surface area contributed by atoms with Gasteiger partial charge >= 0.3 is 0 Å². The Morgan fingerprint density at radius 1 is 1.22 bits per heavy atom. The summed E-state index contributed by atoms with van der Waals surface area (Å²) in [6.07, 6.45) is 0.169. The molecular formula is C20H19N3O4. The van der Waals surface area contributed by atoms with Gasteiger partial charge in [-0.3, -0.25) is 9.59 Å². The Labute approximate surface area is 155 Å². The van der Waals surface area contributed by atoms with Crippen molar-refractivity contribution < 1.29 is 13.9 Å². The zero-order chi connectivity index (χ0) is 18.8. The van der Waals surface area contributed by atoms with Crippen LogP contribution in [0.4, 0.5) is 0 Å². The first kappa shape index (κ1) is 17.2. The van der Waals surface area contributed by atoms with Crippen LogP contribution in [0.3, 0.4) is 0 Å². The standard InChI is InChI=1S/C20H19N3O4/c1-26-18(13-6-3-2-4-7-13)19-22-15-12-23(11-10-16(15)27-19)20(25)14-8-5-9-17(24)21-14/h2-9,18H,10-12H2,1H3,(H,21,24). The summed E-state index contributed by atoms with van der Waals surface area (Å²) < 4.78 is 11.5. The molecule has 1 aliphatic heterocycles. The summed E-state index contributed by atoms with van der Waals surface area (Å²) in [5.74, 6) is 1.03. The second-order valence-corrected chi connectivity index (χ2v) is 6.35. The van der Waals surface area contributed by atoms with Crippen molar-refractivity contribution in [3.8, 4) is 0 Å². The van der Waals surface area contributed by atoms with E-state index in [4.69, 9.17) is 9.15 Å². The molecule has 138 valence electrons. The van der Waals surface area contributed by atoms with Crippen LogP contribution >= 0.6 is 0 Å². The summed E-state index contributed by atoms with van der Waals surface area (Å²) in [7, 11) is 1.61. The van der Waals surface area contributed by atoms with Crippen molar-refractivity contribution in [3.05, 3.63) is 87.5 Å². The molecule has 0 saturated heterocycles. The summed E-state index contributed by atoms with van der Waals surface area (Å²) in [6.45, 7) is 0.834. The number of nitrogens with zero attached hydrogens (tertiary/aromatic N) is 2. The lowest BCUT2D eigenvalue weighted by Crippen LogP contribution is -2.36. The Balaban J connectivity index is 1.57. The minimum absolute atomic E-state index is 0.228. The first-order valence-electron chi connectivity index (χ1n) is 8.70. The highest BCUT2D eigenvalue weighted by Gasteiger charge is 2.29. The van der Waals surface area contributed by atoms with Crippen molar-refractivity contribution in [3.63, 3.8) is 0 Å². The maximum atomic E-state index is 12.7. The van der Waals surface area contributed by atoms with E-state index in [1.54, 1.807) is 24.1 Å². The maximum Gasteiger partial charge on any atom is 0.270 e. The number of aromatic amines is 1. The smallest absolute Gasteiger partial charge is 0.270 e. The molecule has 1 aliphatic rings. The van der Waals surface area contributed by atoms with Gasteiger partial charge in [0.15, 0.2) is 6.10 Å². The number of carbonyl (C=O) groups is 1. The fourth-order valence-electron chi connectivity index (χ4n) is 3.25. The highest BCUT2D eigenvalue weighted by atomic mass is 16.5. The summed E-state index contributed by atoms with van der Waals surface area (Å²) in [4.78, 5) is 32.9. The molecule has 7 heteroatoms. The fourth-order valence-corrected chi connectivity index (χ4v) is 3.25. The van der Waals surface area contributed by atoms with Gasteiger partial charge in [-0.15, -0.1) is 0 Å². The minimum Gasteiger partial charge on any atom is -0.442 e. The van der Waals surface area contributed by atoms with E-state index >= 15 is 0 Å². The highest BCUT2D eigenvalue weighted by molar-refractivity contribution is 5.92. The van der Waals surface area contributed by atoms with Crippen molar-refractivity contribution in [2.45, 2.75) is 19.1 Å². The van der Waals surface area contributed by atoms with E-state index in [9.17, 15) is 9.59 Å². The van der Waals surface area contributed by atoms with Crippen molar-refractivity contribution >= 4 is 5.91 Å². The van der Waals surface area contributed by atoms with Crippen LogP contribution in [-0.2, 0) is 17.7 Å². The minimum atomic E-state index is -0.397. The lowest BCUT2D eigenvalue weighted by atomic mass is 10.1. The number of methoxy groups -OCH3 is 1. The summed E-state index contributed by atoms with van der Waals surface area (Å²) in [6, 6.07) is 14.3. The number of ether oxygens (including phenoxy) is 1. The zero-order valence-corrected chi connectivity index (χ0v) is 14.8. The molecule has 1 amide bonds. The molecule has 4 rings (SSSR count). The van der Waals surface area contributed by atoms with E-state index in [0.717, 1.165) is 17.0 Å². The number of hydrogen-bond acceptors (Lipinski definition) is 5. The van der Waals surface area contributed by atoms with Crippen LogP contribution < -0.4 is 5.56 Å². The van der Waals surface area contributed by atoms with Crippen LogP contribution in [0.25, 0.3) is 0 Å². The van der Waals surface area contributed by atoms with E-state index in [-0.39, 0.29) is 17.2 Å². The van der Waals surface area contributed by atoms with E-state index in [0.29, 0.717) is 25.4 Å². The van der Waals surface area contributed by atoms with Crippen molar-refractivity contribution in [2.24, 2.45) is 0 Å². The molecule has 0 radical (unpaired) electrons. The van der Waals surface area contributed by atoms with E-state index in [2.05, 4.69) is 9.97 Å². The molecule has 0 spiro atoms. The molecule has 27 heavy (non-hydrogen) atoms. The van der Waals surface area contributed by atoms with E-state index < -0.39 is 6.10 Å². The molecule has 7 nitrogen and oxygen atoms in total. The molecule has 0 fully saturated rings. The number of rotatable bonds is 4. The van der Waals surface area contributed by atoms with E-state index in [1.807, 2.05) is 30.3 Å². The maximum absolute atomic E-state index is 12.7. The van der Waals surface area contributed by atoms with Gasteiger partial charge in [0.05, 0.1) is 6.54 Å². The lowest BCUT2D eigenvalue weighted by Gasteiger charge is -2.25. The number of nitrogens with one attached hydrogen (secondary N) is 1. The Bertz CT molecular complexity index is 1010. The predicted octanol–water partition coefficient (Wildman–Crippen LogP) is 2.30. The van der Waals surface area contributed by atoms with Gasteiger partial charge in [0.25, 0.3) is 5.91 Å². The van der Waals surface area contributed by atoms with Gasteiger partial charge in [-0.05, 0) is 11.6 Å². The SMILES string of the molecule is COC(c1ccccc1)c1nc2c(o1)CCN(C(=O)c1cccc(=O)[nH]1)C2. The van der Waals surface area contributed by atoms with Crippen LogP contribution in [0.15, 0.2) is 57.7 Å². The predicted molar refractivity (Wildman–Crippen MR) is 97.3 cm³/mol. The van der Waals surface area contributed by atoms with Gasteiger partial charge in [0.1, 0.15) is 17.1 Å². The molecule has 3 aromatic rings. The fraction of sp³-hybridized carbons (Fsp3) is 0.250. The van der Waals surface area contributed by atoms with Crippen molar-refractivity contribution in [2.75, 3.05) is 13.7 Å². The first-order valence-corrected chi connectivity index (χ1v) is 8.70. The van der Waals surface area contributed by atoms with Crippen LogP contribution in [0.5, 0.6) is 0 Å². The average Bonchev–Trinajstić information content (AvgIpc) is 3.11. The van der Waals surface area contributed by atoms with Crippen LogP contribution in [0, 0.1) is 0 Å². The van der Waals surface area contributed by atoms with E-state index in [1.165, 1.54) is 6.07 Å².